The lowest BCUT2D eigenvalue weighted by atomic mass is 10.1. The van der Waals surface area contributed by atoms with Crippen molar-refractivity contribution in [3.63, 3.8) is 0 Å². The summed E-state index contributed by atoms with van der Waals surface area (Å²) in [5, 5.41) is 0. The van der Waals surface area contributed by atoms with Crippen LogP contribution < -0.4 is 15.8 Å². The van der Waals surface area contributed by atoms with Crippen molar-refractivity contribution in [2.45, 2.75) is 44.4 Å². The van der Waals surface area contributed by atoms with E-state index in [2.05, 4.69) is 29.6 Å². The fourth-order valence-corrected chi connectivity index (χ4v) is 5.34. The zero-order valence-electron chi connectivity index (χ0n) is 19.2. The second-order valence-electron chi connectivity index (χ2n) is 8.03. The van der Waals surface area contributed by atoms with Crippen LogP contribution >= 0.6 is 0 Å². The van der Waals surface area contributed by atoms with Crippen molar-refractivity contribution in [2.24, 2.45) is 0 Å². The molecule has 0 atom stereocenters. The summed E-state index contributed by atoms with van der Waals surface area (Å²) >= 11 is 0. The average molecular weight is 473 g/mol. The lowest BCUT2D eigenvalue weighted by Crippen LogP contribution is -2.41. The van der Waals surface area contributed by atoms with Crippen LogP contribution in [-0.4, -0.2) is 50.7 Å². The minimum absolute atomic E-state index is 0.0718. The molecule has 178 valence electrons. The Morgan fingerprint density at radius 3 is 2.18 bits per heavy atom. The van der Waals surface area contributed by atoms with E-state index in [0.717, 1.165) is 44.5 Å². The summed E-state index contributed by atoms with van der Waals surface area (Å²) in [6.45, 7) is 7.06. The fraction of sp³-hybridized carbons (Fsp3) is 0.417. The largest absolute Gasteiger partial charge is 0.372 e. The lowest BCUT2D eigenvalue weighted by molar-refractivity contribution is 0.0846. The van der Waals surface area contributed by atoms with Crippen LogP contribution in [0.2, 0.25) is 0 Å². The minimum Gasteiger partial charge on any atom is -0.372 e. The van der Waals surface area contributed by atoms with Gasteiger partial charge in [-0.1, -0.05) is 19.4 Å². The average Bonchev–Trinajstić information content (AvgIpc) is 3.39. The van der Waals surface area contributed by atoms with Crippen LogP contribution in [0.1, 0.15) is 60.2 Å². The molecule has 1 aliphatic rings. The summed E-state index contributed by atoms with van der Waals surface area (Å²) in [6.07, 6.45) is 3.88. The van der Waals surface area contributed by atoms with Gasteiger partial charge >= 0.3 is 0 Å². The second kappa shape index (κ2) is 11.3. The van der Waals surface area contributed by atoms with Crippen LogP contribution in [-0.2, 0) is 10.0 Å². The van der Waals surface area contributed by atoms with Gasteiger partial charge in [0.05, 0.1) is 4.90 Å². The van der Waals surface area contributed by atoms with Gasteiger partial charge in [-0.3, -0.25) is 20.4 Å². The topological polar surface area (TPSA) is 98.8 Å². The van der Waals surface area contributed by atoms with Gasteiger partial charge in [-0.2, -0.15) is 4.31 Å². The molecule has 1 saturated heterocycles. The monoisotopic (exact) mass is 472 g/mol. The number of hydrazine groups is 1. The molecule has 2 amide bonds. The predicted octanol–water partition coefficient (Wildman–Crippen LogP) is 3.17. The smallest absolute Gasteiger partial charge is 0.269 e. The second-order valence-corrected chi connectivity index (χ2v) is 9.97. The van der Waals surface area contributed by atoms with Crippen molar-refractivity contribution in [3.8, 4) is 0 Å². The minimum atomic E-state index is -3.63. The molecule has 1 heterocycles. The van der Waals surface area contributed by atoms with Gasteiger partial charge in [0.25, 0.3) is 11.8 Å². The Bertz CT molecular complexity index is 1060. The van der Waals surface area contributed by atoms with E-state index >= 15 is 0 Å². The molecular weight excluding hydrogens is 440 g/mol. The van der Waals surface area contributed by atoms with E-state index in [-0.39, 0.29) is 10.5 Å². The third-order valence-corrected chi connectivity index (χ3v) is 7.64. The Morgan fingerprint density at radius 2 is 1.58 bits per heavy atom. The van der Waals surface area contributed by atoms with Gasteiger partial charge in [0.2, 0.25) is 10.0 Å². The molecule has 9 heteroatoms. The van der Waals surface area contributed by atoms with Gasteiger partial charge in [0, 0.05) is 43.0 Å². The fourth-order valence-electron chi connectivity index (χ4n) is 3.78. The maximum Gasteiger partial charge on any atom is 0.269 e. The number of unbranched alkanes of at least 4 members (excludes halogenated alkanes) is 1. The number of nitrogens with zero attached hydrogens (tertiary/aromatic N) is 2. The molecule has 0 aromatic heterocycles. The van der Waals surface area contributed by atoms with Crippen molar-refractivity contribution < 1.29 is 18.0 Å². The molecule has 1 aliphatic heterocycles. The molecule has 0 spiro atoms. The van der Waals surface area contributed by atoms with Gasteiger partial charge in [-0.15, -0.1) is 0 Å². The van der Waals surface area contributed by atoms with E-state index in [1.165, 1.54) is 28.6 Å². The quantitative estimate of drug-likeness (QED) is 0.546. The number of hydrogen-bond acceptors (Lipinski definition) is 5. The SMILES string of the molecule is CCCCN(CC)c1ccc(C(=O)NNC(=O)c2cccc(S(=O)(=O)N3CCCC3)c2)cc1. The number of amides is 2. The first-order valence-electron chi connectivity index (χ1n) is 11.4. The molecular formula is C24H32N4O4S. The molecule has 33 heavy (non-hydrogen) atoms. The van der Waals surface area contributed by atoms with Gasteiger partial charge in [-0.05, 0) is 68.7 Å². The Kier molecular flexibility index (Phi) is 8.46. The van der Waals surface area contributed by atoms with Crippen LogP contribution in [0.15, 0.2) is 53.4 Å². The number of carbonyl (C=O) groups excluding carboxylic acids is 2. The van der Waals surface area contributed by atoms with Crippen LogP contribution in [0, 0.1) is 0 Å². The van der Waals surface area contributed by atoms with Crippen LogP contribution in [0.5, 0.6) is 0 Å². The summed E-state index contributed by atoms with van der Waals surface area (Å²) in [4.78, 5) is 27.3. The van der Waals surface area contributed by atoms with Gasteiger partial charge in [0.1, 0.15) is 0 Å². The zero-order valence-corrected chi connectivity index (χ0v) is 20.0. The van der Waals surface area contributed by atoms with E-state index in [0.29, 0.717) is 18.7 Å². The Labute approximate surface area is 196 Å². The third kappa shape index (κ3) is 6.11. The standard InChI is InChI=1S/C24H32N4O4S/c1-3-5-15-27(4-2)21-13-11-19(12-14-21)23(29)25-26-24(30)20-9-8-10-22(18-20)33(31,32)28-16-6-7-17-28/h8-14,18H,3-7,15-17H2,1-2H3,(H,25,29)(H,26,30). The summed E-state index contributed by atoms with van der Waals surface area (Å²) in [6, 6.07) is 13.1. The van der Waals surface area contributed by atoms with E-state index in [9.17, 15) is 18.0 Å². The molecule has 3 rings (SSSR count). The summed E-state index contributed by atoms with van der Waals surface area (Å²) in [5.74, 6) is -1.04. The number of hydrogen-bond donors (Lipinski definition) is 2. The summed E-state index contributed by atoms with van der Waals surface area (Å²) < 4.78 is 26.9. The molecule has 0 bridgehead atoms. The Hall–Kier alpha value is -2.91. The first kappa shape index (κ1) is 24.7. The Morgan fingerprint density at radius 1 is 0.939 bits per heavy atom. The maximum absolute atomic E-state index is 12.7. The zero-order chi connectivity index (χ0) is 23.8. The highest BCUT2D eigenvalue weighted by Gasteiger charge is 2.27. The highest BCUT2D eigenvalue weighted by Crippen LogP contribution is 2.21. The maximum atomic E-state index is 12.7. The highest BCUT2D eigenvalue weighted by molar-refractivity contribution is 7.89. The number of sulfonamides is 1. The first-order valence-corrected chi connectivity index (χ1v) is 12.9. The molecule has 1 fully saturated rings. The van der Waals surface area contributed by atoms with Crippen molar-refractivity contribution in [1.29, 1.82) is 0 Å². The van der Waals surface area contributed by atoms with Crippen molar-refractivity contribution in [1.82, 2.24) is 15.2 Å². The molecule has 2 N–H and O–H groups in total. The van der Waals surface area contributed by atoms with Gasteiger partial charge in [0.15, 0.2) is 0 Å². The van der Waals surface area contributed by atoms with Crippen LogP contribution in [0.4, 0.5) is 5.69 Å². The van der Waals surface area contributed by atoms with Crippen molar-refractivity contribution >= 4 is 27.5 Å². The lowest BCUT2D eigenvalue weighted by Gasteiger charge is -2.23. The number of carbonyl (C=O) groups is 2. The molecule has 0 aliphatic carbocycles. The molecule has 8 nitrogen and oxygen atoms in total. The number of anilines is 1. The summed E-state index contributed by atoms with van der Waals surface area (Å²) in [5.41, 5.74) is 6.37. The predicted molar refractivity (Wildman–Crippen MR) is 129 cm³/mol. The van der Waals surface area contributed by atoms with E-state index in [1.54, 1.807) is 12.1 Å². The molecule has 0 radical (unpaired) electrons. The number of rotatable bonds is 9. The number of nitrogens with one attached hydrogen (secondary N) is 2. The highest BCUT2D eigenvalue weighted by atomic mass is 32.2. The Balaban J connectivity index is 1.61. The molecule has 2 aromatic carbocycles. The van der Waals surface area contributed by atoms with E-state index in [4.69, 9.17) is 0 Å². The van der Waals surface area contributed by atoms with Gasteiger partial charge in [-0.25, -0.2) is 8.42 Å². The number of benzene rings is 2. The third-order valence-electron chi connectivity index (χ3n) is 5.75. The van der Waals surface area contributed by atoms with E-state index < -0.39 is 21.8 Å². The van der Waals surface area contributed by atoms with Crippen LogP contribution in [0.25, 0.3) is 0 Å². The van der Waals surface area contributed by atoms with Gasteiger partial charge < -0.3 is 4.90 Å². The van der Waals surface area contributed by atoms with Crippen molar-refractivity contribution in [2.75, 3.05) is 31.1 Å². The summed E-state index contributed by atoms with van der Waals surface area (Å²) in [7, 11) is -3.63. The first-order chi connectivity index (χ1) is 15.9. The normalized spacial score (nSPS) is 14.1. The van der Waals surface area contributed by atoms with Crippen molar-refractivity contribution in [3.05, 3.63) is 59.7 Å². The molecule has 2 aromatic rings. The van der Waals surface area contributed by atoms with Crippen LogP contribution in [0.3, 0.4) is 0 Å². The van der Waals surface area contributed by atoms with E-state index in [1.807, 2.05) is 12.1 Å². The molecule has 0 unspecified atom stereocenters. The molecule has 0 saturated carbocycles.